The van der Waals surface area contributed by atoms with Gasteiger partial charge in [-0.25, -0.2) is 20.3 Å². The molecule has 0 radical (unpaired) electrons. The molecule has 0 bridgehead atoms. The van der Waals surface area contributed by atoms with Gasteiger partial charge in [0.05, 0.1) is 6.20 Å². The van der Waals surface area contributed by atoms with Gasteiger partial charge in [0.2, 0.25) is 5.69 Å². The van der Waals surface area contributed by atoms with E-state index in [1.807, 2.05) is 31.2 Å². The fourth-order valence-corrected chi connectivity index (χ4v) is 1.69. The summed E-state index contributed by atoms with van der Waals surface area (Å²) in [7, 11) is 0. The Morgan fingerprint density at radius 2 is 2.00 bits per heavy atom. The number of aromatic nitrogens is 2. The van der Waals surface area contributed by atoms with Crippen LogP contribution in [0.15, 0.2) is 41.7 Å². The molecule has 9 nitrogen and oxygen atoms in total. The summed E-state index contributed by atoms with van der Waals surface area (Å²) in [5, 5.41) is 2.38. The molecular weight excluding hydrogens is 296 g/mol. The first kappa shape index (κ1) is 15.9. The fraction of sp³-hybridized carbons (Fsp3) is 0.0714. The predicted molar refractivity (Wildman–Crippen MR) is 85.3 cm³/mol. The molecule has 9 heteroatoms. The molecule has 2 aromatic rings. The Morgan fingerprint density at radius 3 is 2.65 bits per heavy atom. The van der Waals surface area contributed by atoms with Gasteiger partial charge in [0.15, 0.2) is 0 Å². The standard InChI is InChI=1S/C14H16N8O/c1-8-2-4-9(5-3-8)20-13(16)22-14(17)21-12(23)10-11(15)19-7-6-18-10/h2-7H,1H3,(H2,15,19)(H5,16,17,20,21,22,23)/p+2. The van der Waals surface area contributed by atoms with Crippen LogP contribution >= 0.6 is 0 Å². The minimum atomic E-state index is -0.576. The number of guanidine groups is 2. The summed E-state index contributed by atoms with van der Waals surface area (Å²) in [4.78, 5) is 25.2. The third kappa shape index (κ3) is 4.49. The van der Waals surface area contributed by atoms with Gasteiger partial charge in [-0.3, -0.25) is 10.5 Å². The highest BCUT2D eigenvalue weighted by Crippen LogP contribution is 2.11. The molecule has 0 aliphatic carbocycles. The van der Waals surface area contributed by atoms with Crippen molar-refractivity contribution in [2.75, 3.05) is 5.73 Å². The van der Waals surface area contributed by atoms with Gasteiger partial charge in [0, 0.05) is 0 Å². The number of benzene rings is 1. The van der Waals surface area contributed by atoms with E-state index in [2.05, 4.69) is 25.3 Å². The maximum Gasteiger partial charge on any atom is 0.318 e. The maximum atomic E-state index is 12.0. The number of carbonyl (C=O) groups excluding carboxylic acids is 1. The molecule has 0 aliphatic rings. The Bertz CT molecular complexity index is 767. The van der Waals surface area contributed by atoms with Crippen molar-refractivity contribution in [2.24, 2.45) is 16.5 Å². The van der Waals surface area contributed by atoms with Crippen molar-refractivity contribution in [3.05, 3.63) is 47.9 Å². The topological polar surface area (TPSA) is 161 Å². The predicted octanol–water partition coefficient (Wildman–Crippen LogP) is -2.44. The largest absolute Gasteiger partial charge is 0.322 e. The lowest BCUT2D eigenvalue weighted by Gasteiger charge is -2.00. The van der Waals surface area contributed by atoms with Crippen molar-refractivity contribution >= 4 is 29.3 Å². The molecule has 0 fully saturated rings. The molecule has 0 saturated heterocycles. The average molecular weight is 314 g/mol. The number of anilines is 1. The summed E-state index contributed by atoms with van der Waals surface area (Å²) in [5.74, 6) is -0.507. The maximum absolute atomic E-state index is 12.0. The van der Waals surface area contributed by atoms with Crippen LogP contribution in [0.4, 0.5) is 11.5 Å². The number of hydrogen-bond donors (Lipinski definition) is 5. The second kappa shape index (κ2) is 6.98. The second-order valence-electron chi connectivity index (χ2n) is 4.68. The molecule has 1 heterocycles. The van der Waals surface area contributed by atoms with Crippen LogP contribution in [-0.2, 0) is 0 Å². The summed E-state index contributed by atoms with van der Waals surface area (Å²) in [6, 6.07) is 7.43. The van der Waals surface area contributed by atoms with E-state index < -0.39 is 5.91 Å². The first-order valence-electron chi connectivity index (χ1n) is 6.69. The number of aliphatic imine (C=N–C) groups is 1. The number of H-pyrrole nitrogens is 1. The minimum Gasteiger partial charge on any atom is -0.322 e. The van der Waals surface area contributed by atoms with E-state index in [0.29, 0.717) is 5.69 Å². The first-order valence-corrected chi connectivity index (χ1v) is 6.69. The molecule has 0 atom stereocenters. The van der Waals surface area contributed by atoms with Crippen LogP contribution in [0, 0.1) is 6.92 Å². The average Bonchev–Trinajstić information content (AvgIpc) is 2.49. The normalized spacial score (nSPS) is 12.0. The lowest BCUT2D eigenvalue weighted by molar-refractivity contribution is -0.361. The quantitative estimate of drug-likeness (QED) is 0.307. The molecule has 9 N–H and O–H groups in total. The SMILES string of the molecule is Cc1ccc(N=C(N)/[NH+]=C(\N)NC(=O)c2ncc[nH+]c2N)cc1. The number of nitrogens with two attached hydrogens (primary N) is 3. The van der Waals surface area contributed by atoms with Gasteiger partial charge in [-0.05, 0) is 19.1 Å². The third-order valence-electron chi connectivity index (χ3n) is 2.78. The lowest BCUT2D eigenvalue weighted by atomic mass is 10.2. The molecule has 1 aromatic heterocycles. The molecule has 0 aliphatic heterocycles. The van der Waals surface area contributed by atoms with Gasteiger partial charge in [0.1, 0.15) is 11.9 Å². The van der Waals surface area contributed by atoms with Gasteiger partial charge in [-0.2, -0.15) is 0 Å². The summed E-state index contributed by atoms with van der Waals surface area (Å²) in [6.07, 6.45) is 2.91. The van der Waals surface area contributed by atoms with Crippen LogP contribution in [0.2, 0.25) is 0 Å². The van der Waals surface area contributed by atoms with Gasteiger partial charge in [-0.1, -0.05) is 17.7 Å². The fourth-order valence-electron chi connectivity index (χ4n) is 1.69. The molecule has 0 spiro atoms. The van der Waals surface area contributed by atoms with Crippen molar-refractivity contribution in [1.29, 1.82) is 0 Å². The number of aromatic amines is 1. The summed E-state index contributed by atoms with van der Waals surface area (Å²) in [6.45, 7) is 1.97. The summed E-state index contributed by atoms with van der Waals surface area (Å²) >= 11 is 0. The highest BCUT2D eigenvalue weighted by molar-refractivity contribution is 6.05. The zero-order chi connectivity index (χ0) is 16.8. The van der Waals surface area contributed by atoms with Crippen LogP contribution in [0.25, 0.3) is 0 Å². The molecule has 2 rings (SSSR count). The first-order chi connectivity index (χ1) is 11.0. The van der Waals surface area contributed by atoms with Gasteiger partial charge < -0.3 is 11.5 Å². The summed E-state index contributed by atoms with van der Waals surface area (Å²) < 4.78 is 0. The second-order valence-corrected chi connectivity index (χ2v) is 4.68. The van der Waals surface area contributed by atoms with Crippen molar-refractivity contribution in [2.45, 2.75) is 6.92 Å². The Labute approximate surface area is 132 Å². The number of aryl methyl sites for hydroxylation is 1. The van der Waals surface area contributed by atoms with Crippen molar-refractivity contribution in [3.8, 4) is 0 Å². The third-order valence-corrected chi connectivity index (χ3v) is 2.78. The monoisotopic (exact) mass is 314 g/mol. The van der Waals surface area contributed by atoms with E-state index in [0.717, 1.165) is 5.56 Å². The molecule has 23 heavy (non-hydrogen) atoms. The van der Waals surface area contributed by atoms with Crippen molar-refractivity contribution in [3.63, 3.8) is 0 Å². The number of nitrogens with zero attached hydrogens (tertiary/aromatic N) is 2. The smallest absolute Gasteiger partial charge is 0.318 e. The minimum absolute atomic E-state index is 0.0197. The molecule has 118 valence electrons. The molecule has 0 unspecified atom stereocenters. The number of nitrogens with one attached hydrogen (secondary N) is 3. The van der Waals surface area contributed by atoms with E-state index in [1.165, 1.54) is 12.4 Å². The highest BCUT2D eigenvalue weighted by Gasteiger charge is 2.18. The van der Waals surface area contributed by atoms with Crippen molar-refractivity contribution in [1.82, 2.24) is 10.3 Å². The Kier molecular flexibility index (Phi) is 4.82. The zero-order valence-electron chi connectivity index (χ0n) is 12.5. The Morgan fingerprint density at radius 1 is 1.30 bits per heavy atom. The van der Waals surface area contributed by atoms with E-state index in [9.17, 15) is 4.79 Å². The van der Waals surface area contributed by atoms with Crippen LogP contribution < -0.4 is 32.5 Å². The number of hydrogen-bond acceptors (Lipinski definition) is 4. The van der Waals surface area contributed by atoms with Gasteiger partial charge in [-0.15, -0.1) is 4.99 Å². The Hall–Kier alpha value is -3.49. The Balaban J connectivity index is 2.08. The van der Waals surface area contributed by atoms with Crippen LogP contribution in [-0.4, -0.2) is 22.8 Å². The highest BCUT2D eigenvalue weighted by atomic mass is 16.2. The molecule has 1 aromatic carbocycles. The van der Waals surface area contributed by atoms with Gasteiger partial charge in [0.25, 0.3) is 5.96 Å². The number of carbonyl (C=O) groups is 1. The van der Waals surface area contributed by atoms with E-state index in [1.54, 1.807) is 0 Å². The summed E-state index contributed by atoms with van der Waals surface area (Å²) in [5.41, 5.74) is 18.8. The van der Waals surface area contributed by atoms with Gasteiger partial charge >= 0.3 is 17.7 Å². The van der Waals surface area contributed by atoms with E-state index >= 15 is 0 Å². The van der Waals surface area contributed by atoms with Crippen LogP contribution in [0.5, 0.6) is 0 Å². The van der Waals surface area contributed by atoms with E-state index in [4.69, 9.17) is 17.2 Å². The lowest BCUT2D eigenvalue weighted by Crippen LogP contribution is -2.85. The van der Waals surface area contributed by atoms with Crippen molar-refractivity contribution < 1.29 is 14.8 Å². The van der Waals surface area contributed by atoms with Crippen LogP contribution in [0.1, 0.15) is 16.1 Å². The number of nitrogen functional groups attached to an aromatic ring is 1. The molecule has 0 saturated carbocycles. The zero-order valence-corrected chi connectivity index (χ0v) is 12.5. The van der Waals surface area contributed by atoms with Crippen LogP contribution in [0.3, 0.4) is 0 Å². The van der Waals surface area contributed by atoms with E-state index in [-0.39, 0.29) is 23.4 Å². The molecule has 1 amide bonds. The number of amides is 1. The number of rotatable bonds is 2. The molecular formula is C14H18N8O+2.